The smallest absolute Gasteiger partial charge is 0.123 e. The molecule has 20 heavy (non-hydrogen) atoms. The second kappa shape index (κ2) is 6.52. The highest BCUT2D eigenvalue weighted by Crippen LogP contribution is 2.17. The Balaban J connectivity index is 1.47. The van der Waals surface area contributed by atoms with Crippen molar-refractivity contribution in [3.05, 3.63) is 30.1 Å². The van der Waals surface area contributed by atoms with E-state index in [2.05, 4.69) is 9.80 Å². The van der Waals surface area contributed by atoms with Gasteiger partial charge in [0.2, 0.25) is 0 Å². The number of nitrogens with zero attached hydrogens (tertiary/aromatic N) is 2. The van der Waals surface area contributed by atoms with Crippen LogP contribution in [0.25, 0.3) is 0 Å². The maximum atomic E-state index is 12.9. The van der Waals surface area contributed by atoms with Crippen LogP contribution in [-0.4, -0.2) is 63.5 Å². The zero-order valence-corrected chi connectivity index (χ0v) is 11.6. The van der Waals surface area contributed by atoms with Gasteiger partial charge in [-0.05, 0) is 24.3 Å². The quantitative estimate of drug-likeness (QED) is 0.835. The molecule has 0 amide bonds. The monoisotopic (exact) mass is 280 g/mol. The summed E-state index contributed by atoms with van der Waals surface area (Å²) < 4.78 is 24.0. The molecule has 3 rings (SSSR count). The first-order valence-corrected chi connectivity index (χ1v) is 7.23. The lowest BCUT2D eigenvalue weighted by Gasteiger charge is -2.38. The Labute approximate surface area is 119 Å². The number of benzene rings is 1. The van der Waals surface area contributed by atoms with Crippen LogP contribution in [0.1, 0.15) is 0 Å². The van der Waals surface area contributed by atoms with Crippen molar-refractivity contribution in [1.29, 1.82) is 0 Å². The van der Waals surface area contributed by atoms with Crippen molar-refractivity contribution in [2.75, 3.05) is 57.4 Å². The summed E-state index contributed by atoms with van der Waals surface area (Å²) >= 11 is 0. The maximum absolute atomic E-state index is 12.9. The third-order valence-electron chi connectivity index (χ3n) is 3.91. The molecule has 2 fully saturated rings. The van der Waals surface area contributed by atoms with E-state index in [-0.39, 0.29) is 11.9 Å². The van der Waals surface area contributed by atoms with Gasteiger partial charge >= 0.3 is 0 Å². The summed E-state index contributed by atoms with van der Waals surface area (Å²) in [5.74, 6) is -0.179. The summed E-state index contributed by atoms with van der Waals surface area (Å²) in [4.78, 5) is 4.72. The van der Waals surface area contributed by atoms with Crippen LogP contribution in [-0.2, 0) is 9.47 Å². The lowest BCUT2D eigenvalue weighted by molar-refractivity contribution is -0.0977. The van der Waals surface area contributed by atoms with E-state index in [1.807, 2.05) is 12.1 Å². The molecule has 4 nitrogen and oxygen atoms in total. The Hall–Kier alpha value is -1.17. The Kier molecular flexibility index (Phi) is 4.50. The van der Waals surface area contributed by atoms with Crippen molar-refractivity contribution >= 4 is 5.69 Å². The first-order valence-electron chi connectivity index (χ1n) is 7.23. The number of rotatable bonds is 3. The Morgan fingerprint density at radius 1 is 1.05 bits per heavy atom. The number of ether oxygens (including phenoxy) is 2. The first kappa shape index (κ1) is 13.8. The minimum absolute atomic E-state index is 0.179. The van der Waals surface area contributed by atoms with Crippen LogP contribution in [0.4, 0.5) is 10.1 Å². The molecule has 0 radical (unpaired) electrons. The van der Waals surface area contributed by atoms with Gasteiger partial charge in [-0.25, -0.2) is 4.39 Å². The van der Waals surface area contributed by atoms with Crippen molar-refractivity contribution in [1.82, 2.24) is 4.90 Å². The predicted molar refractivity (Wildman–Crippen MR) is 75.6 cm³/mol. The Morgan fingerprint density at radius 3 is 2.45 bits per heavy atom. The van der Waals surface area contributed by atoms with Gasteiger partial charge in [-0.3, -0.25) is 4.90 Å². The van der Waals surface area contributed by atoms with Crippen molar-refractivity contribution in [3.63, 3.8) is 0 Å². The number of halogens is 1. The standard InChI is InChI=1S/C15H21FN2O2/c16-13-1-3-14(4-2-13)18-7-5-17(6-8-18)11-15-12-19-9-10-20-15/h1-4,15H,5-12H2. The third kappa shape index (κ3) is 3.48. The van der Waals surface area contributed by atoms with E-state index in [9.17, 15) is 4.39 Å². The highest BCUT2D eigenvalue weighted by molar-refractivity contribution is 5.46. The molecule has 0 bridgehead atoms. The molecule has 0 N–H and O–H groups in total. The fourth-order valence-electron chi connectivity index (χ4n) is 2.77. The highest BCUT2D eigenvalue weighted by Gasteiger charge is 2.22. The average Bonchev–Trinajstić information content (AvgIpc) is 2.50. The molecule has 0 aliphatic carbocycles. The zero-order valence-electron chi connectivity index (χ0n) is 11.6. The number of hydrogen-bond donors (Lipinski definition) is 0. The van der Waals surface area contributed by atoms with Gasteiger partial charge in [0.15, 0.2) is 0 Å². The van der Waals surface area contributed by atoms with E-state index in [1.54, 1.807) is 0 Å². The zero-order chi connectivity index (χ0) is 13.8. The van der Waals surface area contributed by atoms with Crippen LogP contribution in [0.2, 0.25) is 0 Å². The van der Waals surface area contributed by atoms with Crippen LogP contribution in [0.15, 0.2) is 24.3 Å². The second-order valence-electron chi connectivity index (χ2n) is 5.33. The van der Waals surface area contributed by atoms with E-state index < -0.39 is 0 Å². The van der Waals surface area contributed by atoms with Crippen molar-refractivity contribution < 1.29 is 13.9 Å². The molecule has 1 aromatic carbocycles. The fourth-order valence-corrected chi connectivity index (χ4v) is 2.77. The molecule has 2 saturated heterocycles. The van der Waals surface area contributed by atoms with Crippen LogP contribution in [0.5, 0.6) is 0 Å². The summed E-state index contributed by atoms with van der Waals surface area (Å²) in [5, 5.41) is 0. The first-order chi connectivity index (χ1) is 9.81. The van der Waals surface area contributed by atoms with E-state index in [0.29, 0.717) is 13.2 Å². The van der Waals surface area contributed by atoms with Crippen LogP contribution >= 0.6 is 0 Å². The fraction of sp³-hybridized carbons (Fsp3) is 0.600. The molecule has 0 spiro atoms. The topological polar surface area (TPSA) is 24.9 Å². The van der Waals surface area contributed by atoms with Gasteiger partial charge in [-0.15, -0.1) is 0 Å². The molecular weight excluding hydrogens is 259 g/mol. The molecule has 1 unspecified atom stereocenters. The van der Waals surface area contributed by atoms with Gasteiger partial charge in [-0.2, -0.15) is 0 Å². The maximum Gasteiger partial charge on any atom is 0.123 e. The number of piperazine rings is 1. The summed E-state index contributed by atoms with van der Waals surface area (Å²) in [5.41, 5.74) is 1.10. The molecule has 0 aromatic heterocycles. The number of hydrogen-bond acceptors (Lipinski definition) is 4. The summed E-state index contributed by atoms with van der Waals surface area (Å²) in [6.07, 6.45) is 0.209. The van der Waals surface area contributed by atoms with Crippen LogP contribution in [0, 0.1) is 5.82 Å². The molecular formula is C15H21FN2O2. The average molecular weight is 280 g/mol. The van der Waals surface area contributed by atoms with Gasteiger partial charge in [0, 0.05) is 38.4 Å². The van der Waals surface area contributed by atoms with Crippen LogP contribution in [0.3, 0.4) is 0 Å². The van der Waals surface area contributed by atoms with Crippen molar-refractivity contribution in [2.45, 2.75) is 6.10 Å². The van der Waals surface area contributed by atoms with Crippen molar-refractivity contribution in [2.24, 2.45) is 0 Å². The van der Waals surface area contributed by atoms with Gasteiger partial charge in [0.1, 0.15) is 5.82 Å². The van der Waals surface area contributed by atoms with Gasteiger partial charge in [0.05, 0.1) is 25.9 Å². The van der Waals surface area contributed by atoms with Gasteiger partial charge in [0.25, 0.3) is 0 Å². The van der Waals surface area contributed by atoms with E-state index in [1.165, 1.54) is 12.1 Å². The normalized spacial score (nSPS) is 24.9. The minimum atomic E-state index is -0.179. The third-order valence-corrected chi connectivity index (χ3v) is 3.91. The van der Waals surface area contributed by atoms with Crippen LogP contribution < -0.4 is 4.90 Å². The molecule has 2 aliphatic heterocycles. The molecule has 1 atom stereocenters. The number of anilines is 1. The molecule has 5 heteroatoms. The van der Waals surface area contributed by atoms with E-state index in [0.717, 1.165) is 45.0 Å². The minimum Gasteiger partial charge on any atom is -0.376 e. The molecule has 1 aromatic rings. The molecule has 110 valence electrons. The van der Waals surface area contributed by atoms with E-state index >= 15 is 0 Å². The largest absolute Gasteiger partial charge is 0.376 e. The summed E-state index contributed by atoms with van der Waals surface area (Å²) in [7, 11) is 0. The summed E-state index contributed by atoms with van der Waals surface area (Å²) in [6, 6.07) is 6.75. The van der Waals surface area contributed by atoms with Gasteiger partial charge < -0.3 is 14.4 Å². The predicted octanol–water partition coefficient (Wildman–Crippen LogP) is 1.36. The second-order valence-corrected chi connectivity index (χ2v) is 5.33. The molecule has 2 heterocycles. The lowest BCUT2D eigenvalue weighted by atomic mass is 10.2. The SMILES string of the molecule is Fc1ccc(N2CCN(CC3COCCO3)CC2)cc1. The molecule has 2 aliphatic rings. The summed E-state index contributed by atoms with van der Waals surface area (Å²) in [6.45, 7) is 7.04. The Morgan fingerprint density at radius 2 is 1.80 bits per heavy atom. The Bertz CT molecular complexity index is 412. The molecule has 0 saturated carbocycles. The highest BCUT2D eigenvalue weighted by atomic mass is 19.1. The lowest BCUT2D eigenvalue weighted by Crippen LogP contribution is -2.50. The van der Waals surface area contributed by atoms with E-state index in [4.69, 9.17) is 9.47 Å². The van der Waals surface area contributed by atoms with Crippen molar-refractivity contribution in [3.8, 4) is 0 Å². The van der Waals surface area contributed by atoms with Gasteiger partial charge in [-0.1, -0.05) is 0 Å².